The van der Waals surface area contributed by atoms with Crippen molar-refractivity contribution in [2.24, 2.45) is 0 Å². The van der Waals surface area contributed by atoms with Crippen molar-refractivity contribution in [2.75, 3.05) is 0 Å². The SMILES string of the molecule is CC(=O)CCCCC(=O)N[C@@H](C)C(=O)N[C@@H](C)C(C)=O. The lowest BCUT2D eigenvalue weighted by Crippen LogP contribution is -2.48. The summed E-state index contributed by atoms with van der Waals surface area (Å²) in [5.41, 5.74) is 0. The number of hydrogen-bond acceptors (Lipinski definition) is 4. The molecule has 0 aromatic rings. The molecule has 0 heterocycles. The molecule has 0 unspecified atom stereocenters. The third-order valence-electron chi connectivity index (χ3n) is 2.92. The van der Waals surface area contributed by atoms with Gasteiger partial charge in [-0.1, -0.05) is 0 Å². The summed E-state index contributed by atoms with van der Waals surface area (Å²) < 4.78 is 0. The van der Waals surface area contributed by atoms with E-state index in [4.69, 9.17) is 0 Å². The molecule has 114 valence electrons. The topological polar surface area (TPSA) is 92.3 Å². The maximum Gasteiger partial charge on any atom is 0.242 e. The molecule has 0 fully saturated rings. The first kappa shape index (κ1) is 18.3. The van der Waals surface area contributed by atoms with Gasteiger partial charge in [-0.3, -0.25) is 14.4 Å². The molecule has 0 aliphatic rings. The Bertz CT molecular complexity index is 379. The lowest BCUT2D eigenvalue weighted by Gasteiger charge is -2.16. The molecule has 0 rings (SSSR count). The molecule has 6 nitrogen and oxygen atoms in total. The molecule has 0 saturated heterocycles. The van der Waals surface area contributed by atoms with Crippen molar-refractivity contribution < 1.29 is 19.2 Å². The number of Topliss-reactive ketones (excluding diaryl/α,β-unsaturated/α-hetero) is 2. The highest BCUT2D eigenvalue weighted by atomic mass is 16.2. The van der Waals surface area contributed by atoms with Gasteiger partial charge in [-0.15, -0.1) is 0 Å². The predicted molar refractivity (Wildman–Crippen MR) is 75.0 cm³/mol. The van der Waals surface area contributed by atoms with Crippen LogP contribution in [0.15, 0.2) is 0 Å². The molecule has 0 aliphatic heterocycles. The number of carbonyl (C=O) groups excluding carboxylic acids is 4. The lowest BCUT2D eigenvalue weighted by molar-refractivity contribution is -0.130. The normalized spacial score (nSPS) is 13.2. The van der Waals surface area contributed by atoms with E-state index in [9.17, 15) is 19.2 Å². The number of rotatable bonds is 9. The van der Waals surface area contributed by atoms with Crippen LogP contribution in [0.5, 0.6) is 0 Å². The average Bonchev–Trinajstić information content (AvgIpc) is 2.33. The molecule has 2 amide bonds. The van der Waals surface area contributed by atoms with Gasteiger partial charge in [0.05, 0.1) is 6.04 Å². The number of ketones is 2. The summed E-state index contributed by atoms with van der Waals surface area (Å²) in [4.78, 5) is 45.0. The van der Waals surface area contributed by atoms with Gasteiger partial charge in [-0.25, -0.2) is 0 Å². The Balaban J connectivity index is 3.97. The maximum atomic E-state index is 11.7. The standard InChI is InChI=1S/C14H24N2O4/c1-9(17)7-5-6-8-13(19)15-11(3)14(20)16-10(2)12(4)18/h10-11H,5-8H2,1-4H3,(H,15,19)(H,16,20)/t10-,11-/m0/s1. The zero-order valence-corrected chi connectivity index (χ0v) is 12.6. The fraction of sp³-hybridized carbons (Fsp3) is 0.714. The lowest BCUT2D eigenvalue weighted by atomic mass is 10.1. The average molecular weight is 284 g/mol. The second-order valence-corrected chi connectivity index (χ2v) is 5.04. The van der Waals surface area contributed by atoms with Crippen LogP contribution < -0.4 is 10.6 Å². The quantitative estimate of drug-likeness (QED) is 0.611. The maximum absolute atomic E-state index is 11.7. The minimum atomic E-state index is -0.683. The van der Waals surface area contributed by atoms with Crippen molar-refractivity contribution in [1.82, 2.24) is 10.6 Å². The fourth-order valence-corrected chi connectivity index (χ4v) is 1.48. The molecule has 6 heteroatoms. The van der Waals surface area contributed by atoms with Crippen molar-refractivity contribution >= 4 is 23.4 Å². The number of hydrogen-bond donors (Lipinski definition) is 2. The third-order valence-corrected chi connectivity index (χ3v) is 2.92. The smallest absolute Gasteiger partial charge is 0.242 e. The second-order valence-electron chi connectivity index (χ2n) is 5.04. The van der Waals surface area contributed by atoms with Gasteiger partial charge in [0, 0.05) is 12.8 Å². The molecule has 2 atom stereocenters. The number of amides is 2. The zero-order chi connectivity index (χ0) is 15.7. The van der Waals surface area contributed by atoms with E-state index < -0.39 is 12.1 Å². The van der Waals surface area contributed by atoms with Gasteiger partial charge in [-0.05, 0) is 40.5 Å². The summed E-state index contributed by atoms with van der Waals surface area (Å²) in [6.45, 7) is 6.07. The molecule has 0 aromatic heterocycles. The summed E-state index contributed by atoms with van der Waals surface area (Å²) in [7, 11) is 0. The van der Waals surface area contributed by atoms with Gasteiger partial charge in [0.1, 0.15) is 11.8 Å². The van der Waals surface area contributed by atoms with Crippen LogP contribution in [0, 0.1) is 0 Å². The Morgan fingerprint density at radius 1 is 0.850 bits per heavy atom. The van der Waals surface area contributed by atoms with Gasteiger partial charge in [0.2, 0.25) is 11.8 Å². The van der Waals surface area contributed by atoms with Crippen LogP contribution in [-0.4, -0.2) is 35.5 Å². The van der Waals surface area contributed by atoms with Crippen molar-refractivity contribution in [3.05, 3.63) is 0 Å². The summed E-state index contributed by atoms with van der Waals surface area (Å²) in [5.74, 6) is -0.644. The van der Waals surface area contributed by atoms with Crippen LogP contribution in [0.4, 0.5) is 0 Å². The molecule has 0 spiro atoms. The highest BCUT2D eigenvalue weighted by Crippen LogP contribution is 2.01. The van der Waals surface area contributed by atoms with Gasteiger partial charge >= 0.3 is 0 Å². The van der Waals surface area contributed by atoms with E-state index in [0.717, 1.165) is 0 Å². The molecular weight excluding hydrogens is 260 g/mol. The summed E-state index contributed by atoms with van der Waals surface area (Å²) in [6, 6.07) is -1.24. The van der Waals surface area contributed by atoms with Crippen molar-refractivity contribution in [3.63, 3.8) is 0 Å². The van der Waals surface area contributed by atoms with Gasteiger partial charge in [-0.2, -0.15) is 0 Å². The first-order chi connectivity index (χ1) is 9.23. The van der Waals surface area contributed by atoms with Crippen LogP contribution in [0.2, 0.25) is 0 Å². The van der Waals surface area contributed by atoms with E-state index in [1.54, 1.807) is 13.8 Å². The van der Waals surface area contributed by atoms with E-state index in [1.165, 1.54) is 13.8 Å². The summed E-state index contributed by atoms with van der Waals surface area (Å²) >= 11 is 0. The van der Waals surface area contributed by atoms with Gasteiger partial charge in [0.15, 0.2) is 5.78 Å². The second kappa shape index (κ2) is 9.23. The molecule has 0 aromatic carbocycles. The molecule has 20 heavy (non-hydrogen) atoms. The first-order valence-electron chi connectivity index (χ1n) is 6.83. The Morgan fingerprint density at radius 2 is 1.40 bits per heavy atom. The highest BCUT2D eigenvalue weighted by molar-refractivity contribution is 5.91. The number of carbonyl (C=O) groups is 4. The van der Waals surface area contributed by atoms with Crippen LogP contribution >= 0.6 is 0 Å². The summed E-state index contributed by atoms with van der Waals surface area (Å²) in [6.07, 6.45) is 2.04. The molecule has 0 radical (unpaired) electrons. The largest absolute Gasteiger partial charge is 0.345 e. The Labute approximate surface area is 119 Å². The molecular formula is C14H24N2O4. The Kier molecular flexibility index (Phi) is 8.43. The van der Waals surface area contributed by atoms with Crippen LogP contribution in [0.3, 0.4) is 0 Å². The monoisotopic (exact) mass is 284 g/mol. The minimum Gasteiger partial charge on any atom is -0.345 e. The minimum absolute atomic E-state index is 0.108. The fourth-order valence-electron chi connectivity index (χ4n) is 1.48. The molecule has 2 N–H and O–H groups in total. The summed E-state index contributed by atoms with van der Waals surface area (Å²) in [5, 5.41) is 5.08. The van der Waals surface area contributed by atoms with E-state index in [0.29, 0.717) is 19.3 Å². The zero-order valence-electron chi connectivity index (χ0n) is 12.6. The van der Waals surface area contributed by atoms with Crippen molar-refractivity contribution in [3.8, 4) is 0 Å². The highest BCUT2D eigenvalue weighted by Gasteiger charge is 2.18. The first-order valence-corrected chi connectivity index (χ1v) is 6.83. The Morgan fingerprint density at radius 3 is 1.90 bits per heavy atom. The van der Waals surface area contributed by atoms with E-state index in [2.05, 4.69) is 10.6 Å². The van der Waals surface area contributed by atoms with Crippen molar-refractivity contribution in [2.45, 2.75) is 65.5 Å². The third kappa shape index (κ3) is 8.39. The molecule has 0 bridgehead atoms. The van der Waals surface area contributed by atoms with E-state index in [-0.39, 0.29) is 29.8 Å². The predicted octanol–water partition coefficient (Wildman–Crippen LogP) is 0.734. The van der Waals surface area contributed by atoms with Gasteiger partial charge in [0.25, 0.3) is 0 Å². The number of nitrogens with one attached hydrogen (secondary N) is 2. The van der Waals surface area contributed by atoms with Crippen LogP contribution in [-0.2, 0) is 19.2 Å². The van der Waals surface area contributed by atoms with Crippen LogP contribution in [0.1, 0.15) is 53.4 Å². The number of unbranched alkanes of at least 4 members (excludes halogenated alkanes) is 1. The molecule has 0 saturated carbocycles. The van der Waals surface area contributed by atoms with Crippen molar-refractivity contribution in [1.29, 1.82) is 0 Å². The van der Waals surface area contributed by atoms with Crippen LogP contribution in [0.25, 0.3) is 0 Å². The van der Waals surface area contributed by atoms with E-state index in [1.807, 2.05) is 0 Å². The Hall–Kier alpha value is -1.72. The molecule has 0 aliphatic carbocycles. The van der Waals surface area contributed by atoms with Gasteiger partial charge < -0.3 is 15.4 Å². The van der Waals surface area contributed by atoms with E-state index >= 15 is 0 Å².